The number of nitrogens with one attached hydrogen (secondary N) is 1. The number of hydrogen-bond acceptors (Lipinski definition) is 2. The third kappa shape index (κ3) is 3.31. The molecule has 1 aliphatic carbocycles. The molecule has 1 heterocycles. The van der Waals surface area contributed by atoms with Gasteiger partial charge in [0, 0.05) is 0 Å². The molecule has 1 atom stereocenters. The number of aldehydes is 1. The monoisotopic (exact) mass is 219 g/mol. The highest BCUT2D eigenvalue weighted by Gasteiger charge is 2.12. The molecule has 1 fully saturated rings. The summed E-state index contributed by atoms with van der Waals surface area (Å²) in [5, 5.41) is 3.24. The van der Waals surface area contributed by atoms with Gasteiger partial charge in [-0.25, -0.2) is 0 Å². The molecule has 0 aromatic carbocycles. The topological polar surface area (TPSA) is 29.1 Å². The number of carbonyl (C=O) groups is 1. The van der Waals surface area contributed by atoms with Crippen molar-refractivity contribution in [2.24, 2.45) is 5.92 Å². The first kappa shape index (κ1) is 11.6. The van der Waals surface area contributed by atoms with Gasteiger partial charge >= 0.3 is 0 Å². The van der Waals surface area contributed by atoms with Gasteiger partial charge in [-0.1, -0.05) is 36.6 Å². The first-order valence-electron chi connectivity index (χ1n) is 6.44. The smallest absolute Gasteiger partial charge is 0.137 e. The fourth-order valence-electron chi connectivity index (χ4n) is 2.53. The van der Waals surface area contributed by atoms with Crippen LogP contribution in [0.15, 0.2) is 23.8 Å². The zero-order chi connectivity index (χ0) is 11.2. The van der Waals surface area contributed by atoms with E-state index in [0.717, 1.165) is 31.6 Å². The largest absolute Gasteiger partial charge is 0.307 e. The molecule has 0 bridgehead atoms. The highest BCUT2D eigenvalue weighted by molar-refractivity contribution is 5.58. The van der Waals surface area contributed by atoms with Crippen LogP contribution < -0.4 is 5.32 Å². The zero-order valence-electron chi connectivity index (χ0n) is 9.82. The second-order valence-electron chi connectivity index (χ2n) is 4.87. The third-order valence-electron chi connectivity index (χ3n) is 3.60. The molecule has 2 heteroatoms. The third-order valence-corrected chi connectivity index (χ3v) is 3.60. The average molecular weight is 219 g/mol. The highest BCUT2D eigenvalue weighted by atomic mass is 16.1. The summed E-state index contributed by atoms with van der Waals surface area (Å²) in [6.45, 7) is 0.921. The maximum atomic E-state index is 10.7. The predicted molar refractivity (Wildman–Crippen MR) is 66.3 cm³/mol. The van der Waals surface area contributed by atoms with Gasteiger partial charge in [0.05, 0.1) is 6.04 Å². The van der Waals surface area contributed by atoms with E-state index in [1.165, 1.54) is 31.3 Å². The molecule has 2 rings (SSSR count). The summed E-state index contributed by atoms with van der Waals surface area (Å²) >= 11 is 0. The Balaban J connectivity index is 1.88. The van der Waals surface area contributed by atoms with E-state index in [-0.39, 0.29) is 6.04 Å². The SMILES string of the molecule is O=CC1CC=C(/C=C/C2CCCC2)CCN1. The van der Waals surface area contributed by atoms with Crippen LogP contribution in [-0.2, 0) is 4.79 Å². The van der Waals surface area contributed by atoms with Crippen LogP contribution in [0.3, 0.4) is 0 Å². The van der Waals surface area contributed by atoms with Crippen molar-refractivity contribution in [3.05, 3.63) is 23.8 Å². The van der Waals surface area contributed by atoms with Gasteiger partial charge in [0.25, 0.3) is 0 Å². The van der Waals surface area contributed by atoms with Gasteiger partial charge in [0.1, 0.15) is 6.29 Å². The van der Waals surface area contributed by atoms with E-state index >= 15 is 0 Å². The van der Waals surface area contributed by atoms with Crippen molar-refractivity contribution in [2.45, 2.75) is 44.6 Å². The minimum Gasteiger partial charge on any atom is -0.307 e. The fraction of sp³-hybridized carbons (Fsp3) is 0.643. The number of rotatable bonds is 3. The first-order chi connectivity index (χ1) is 7.88. The number of carbonyl (C=O) groups excluding carboxylic acids is 1. The summed E-state index contributed by atoms with van der Waals surface area (Å²) in [6.07, 6.45) is 15.3. The van der Waals surface area contributed by atoms with Crippen LogP contribution in [0.1, 0.15) is 38.5 Å². The van der Waals surface area contributed by atoms with Crippen LogP contribution in [0.25, 0.3) is 0 Å². The molecular formula is C14H21NO. The van der Waals surface area contributed by atoms with Gasteiger partial charge < -0.3 is 10.1 Å². The number of hydrogen-bond donors (Lipinski definition) is 1. The molecule has 88 valence electrons. The Kier molecular flexibility index (Phi) is 4.34. The predicted octanol–water partition coefficient (Wildman–Crippen LogP) is 2.61. The molecule has 1 aliphatic heterocycles. The molecule has 0 spiro atoms. The minimum atomic E-state index is 0.0254. The fourth-order valence-corrected chi connectivity index (χ4v) is 2.53. The zero-order valence-corrected chi connectivity index (χ0v) is 9.82. The van der Waals surface area contributed by atoms with Gasteiger partial charge in [-0.2, -0.15) is 0 Å². The Morgan fingerprint density at radius 3 is 2.88 bits per heavy atom. The van der Waals surface area contributed by atoms with E-state index in [2.05, 4.69) is 23.5 Å². The molecule has 0 aromatic heterocycles. The number of allylic oxidation sites excluding steroid dienone is 2. The van der Waals surface area contributed by atoms with E-state index in [0.29, 0.717) is 0 Å². The first-order valence-corrected chi connectivity index (χ1v) is 6.44. The van der Waals surface area contributed by atoms with Crippen molar-refractivity contribution >= 4 is 6.29 Å². The molecule has 1 N–H and O–H groups in total. The molecule has 0 amide bonds. The second-order valence-corrected chi connectivity index (χ2v) is 4.87. The lowest BCUT2D eigenvalue weighted by Gasteiger charge is -2.05. The van der Waals surface area contributed by atoms with Crippen molar-refractivity contribution in [3.8, 4) is 0 Å². The molecule has 16 heavy (non-hydrogen) atoms. The van der Waals surface area contributed by atoms with E-state index in [4.69, 9.17) is 0 Å². The second kappa shape index (κ2) is 6.00. The summed E-state index contributed by atoms with van der Waals surface area (Å²) in [7, 11) is 0. The van der Waals surface area contributed by atoms with Gasteiger partial charge in [-0.3, -0.25) is 0 Å². The lowest BCUT2D eigenvalue weighted by Crippen LogP contribution is -2.29. The normalized spacial score (nSPS) is 28.0. The van der Waals surface area contributed by atoms with Crippen molar-refractivity contribution in [1.82, 2.24) is 5.32 Å². The van der Waals surface area contributed by atoms with Crippen LogP contribution in [0.4, 0.5) is 0 Å². The van der Waals surface area contributed by atoms with Gasteiger partial charge in [0.2, 0.25) is 0 Å². The summed E-state index contributed by atoms with van der Waals surface area (Å²) in [5.74, 6) is 0.805. The summed E-state index contributed by atoms with van der Waals surface area (Å²) in [4.78, 5) is 10.7. The summed E-state index contributed by atoms with van der Waals surface area (Å²) in [5.41, 5.74) is 1.39. The van der Waals surface area contributed by atoms with E-state index in [9.17, 15) is 4.79 Å². The van der Waals surface area contributed by atoms with E-state index < -0.39 is 0 Å². The van der Waals surface area contributed by atoms with E-state index in [1.807, 2.05) is 0 Å². The maximum Gasteiger partial charge on any atom is 0.137 e. The summed E-state index contributed by atoms with van der Waals surface area (Å²) < 4.78 is 0. The van der Waals surface area contributed by atoms with Gasteiger partial charge in [0.15, 0.2) is 0 Å². The Morgan fingerprint density at radius 2 is 2.12 bits per heavy atom. The molecule has 0 saturated heterocycles. The van der Waals surface area contributed by atoms with Crippen LogP contribution in [-0.4, -0.2) is 18.9 Å². The van der Waals surface area contributed by atoms with Crippen molar-refractivity contribution in [1.29, 1.82) is 0 Å². The molecule has 1 saturated carbocycles. The van der Waals surface area contributed by atoms with Crippen LogP contribution >= 0.6 is 0 Å². The quantitative estimate of drug-likeness (QED) is 0.739. The van der Waals surface area contributed by atoms with E-state index in [1.54, 1.807) is 0 Å². The van der Waals surface area contributed by atoms with Crippen LogP contribution in [0.5, 0.6) is 0 Å². The molecule has 2 aliphatic rings. The lowest BCUT2D eigenvalue weighted by molar-refractivity contribution is -0.109. The standard InChI is InChI=1S/C14H21NO/c16-11-14-8-7-13(9-10-15-14)6-5-12-3-1-2-4-12/h5-7,11-12,14-15H,1-4,8-10H2/b6-5+. The molecule has 0 aromatic rings. The Labute approximate surface area is 97.8 Å². The van der Waals surface area contributed by atoms with Crippen LogP contribution in [0.2, 0.25) is 0 Å². The maximum absolute atomic E-state index is 10.7. The molecule has 1 unspecified atom stereocenters. The van der Waals surface area contributed by atoms with Crippen molar-refractivity contribution < 1.29 is 4.79 Å². The average Bonchev–Trinajstić information content (AvgIpc) is 2.72. The van der Waals surface area contributed by atoms with Crippen molar-refractivity contribution in [3.63, 3.8) is 0 Å². The van der Waals surface area contributed by atoms with Gasteiger partial charge in [-0.15, -0.1) is 0 Å². The highest BCUT2D eigenvalue weighted by Crippen LogP contribution is 2.26. The molecule has 2 nitrogen and oxygen atoms in total. The van der Waals surface area contributed by atoms with Gasteiger partial charge in [-0.05, 0) is 38.1 Å². The summed E-state index contributed by atoms with van der Waals surface area (Å²) in [6, 6.07) is 0.0254. The lowest BCUT2D eigenvalue weighted by atomic mass is 10.0. The minimum absolute atomic E-state index is 0.0254. The molecular weight excluding hydrogens is 198 g/mol. The molecule has 0 radical (unpaired) electrons. The Bertz CT molecular complexity index is 287. The Morgan fingerprint density at radius 1 is 1.31 bits per heavy atom. The van der Waals surface area contributed by atoms with Crippen LogP contribution in [0, 0.1) is 5.92 Å². The van der Waals surface area contributed by atoms with Crippen molar-refractivity contribution in [2.75, 3.05) is 6.54 Å². The Hall–Kier alpha value is -0.890.